The third-order valence-corrected chi connectivity index (χ3v) is 3.29. The molecule has 1 aromatic carbocycles. The molecule has 0 amide bonds. The van der Waals surface area contributed by atoms with Crippen LogP contribution in [0.15, 0.2) is 18.2 Å². The molecule has 0 saturated heterocycles. The second-order valence-electron chi connectivity index (χ2n) is 5.64. The molecule has 0 radical (unpaired) electrons. The molecule has 3 heteroatoms. The summed E-state index contributed by atoms with van der Waals surface area (Å²) in [5, 5.41) is 0.791. The Labute approximate surface area is 116 Å². The normalized spacial score (nSPS) is 13.2. The minimum atomic E-state index is 0.0224. The number of nitrogens with zero attached hydrogens (tertiary/aromatic N) is 1. The molecule has 0 saturated carbocycles. The highest BCUT2D eigenvalue weighted by Gasteiger charge is 2.15. The van der Waals surface area contributed by atoms with Crippen LogP contribution in [-0.2, 0) is 0 Å². The highest BCUT2D eigenvalue weighted by molar-refractivity contribution is 6.33. The number of rotatable bonds is 5. The molecule has 1 aromatic rings. The molecule has 0 aliphatic heterocycles. The van der Waals surface area contributed by atoms with E-state index in [-0.39, 0.29) is 6.04 Å². The Morgan fingerprint density at radius 3 is 2.17 bits per heavy atom. The third-order valence-electron chi connectivity index (χ3n) is 2.99. The lowest BCUT2D eigenvalue weighted by atomic mass is 10.1. The SMILES string of the molecule is CC(C)CN(c1ccc([C@@H](C)N)cc1Cl)C(C)C. The van der Waals surface area contributed by atoms with Crippen LogP contribution < -0.4 is 10.6 Å². The maximum absolute atomic E-state index is 6.40. The fraction of sp³-hybridized carbons (Fsp3) is 0.600. The second-order valence-corrected chi connectivity index (χ2v) is 6.05. The van der Waals surface area contributed by atoms with Gasteiger partial charge in [0.05, 0.1) is 10.7 Å². The highest BCUT2D eigenvalue weighted by atomic mass is 35.5. The van der Waals surface area contributed by atoms with Crippen molar-refractivity contribution in [1.82, 2.24) is 0 Å². The average Bonchev–Trinajstić information content (AvgIpc) is 2.25. The first-order valence-corrected chi connectivity index (χ1v) is 7.02. The Balaban J connectivity index is 3.05. The zero-order valence-electron chi connectivity index (χ0n) is 12.1. The molecule has 18 heavy (non-hydrogen) atoms. The first kappa shape index (κ1) is 15.3. The minimum Gasteiger partial charge on any atom is -0.368 e. The zero-order valence-corrected chi connectivity index (χ0v) is 12.8. The van der Waals surface area contributed by atoms with E-state index in [1.165, 1.54) is 0 Å². The third kappa shape index (κ3) is 3.89. The van der Waals surface area contributed by atoms with Crippen molar-refractivity contribution in [2.45, 2.75) is 46.7 Å². The Morgan fingerprint density at radius 1 is 1.17 bits per heavy atom. The quantitative estimate of drug-likeness (QED) is 0.866. The number of hydrogen-bond donors (Lipinski definition) is 1. The van der Waals surface area contributed by atoms with Crippen LogP contribution in [-0.4, -0.2) is 12.6 Å². The maximum Gasteiger partial charge on any atom is 0.0642 e. The Kier molecular flexibility index (Phi) is 5.48. The van der Waals surface area contributed by atoms with Gasteiger partial charge in [0.2, 0.25) is 0 Å². The lowest BCUT2D eigenvalue weighted by Gasteiger charge is -2.31. The molecule has 0 aromatic heterocycles. The minimum absolute atomic E-state index is 0.0224. The molecule has 2 N–H and O–H groups in total. The summed E-state index contributed by atoms with van der Waals surface area (Å²) < 4.78 is 0. The van der Waals surface area contributed by atoms with Crippen molar-refractivity contribution < 1.29 is 0 Å². The van der Waals surface area contributed by atoms with E-state index in [1.807, 2.05) is 13.0 Å². The second kappa shape index (κ2) is 6.44. The van der Waals surface area contributed by atoms with Gasteiger partial charge in [-0.05, 0) is 44.4 Å². The summed E-state index contributed by atoms with van der Waals surface area (Å²) in [6.45, 7) is 11.8. The molecule has 2 nitrogen and oxygen atoms in total. The molecule has 0 aliphatic carbocycles. The summed E-state index contributed by atoms with van der Waals surface area (Å²) in [5.41, 5.74) is 8.06. The molecule has 0 spiro atoms. The fourth-order valence-corrected chi connectivity index (χ4v) is 2.32. The number of halogens is 1. The van der Waals surface area contributed by atoms with Gasteiger partial charge >= 0.3 is 0 Å². The predicted octanol–water partition coefficient (Wildman–Crippen LogP) is 4.23. The van der Waals surface area contributed by atoms with E-state index in [9.17, 15) is 0 Å². The van der Waals surface area contributed by atoms with E-state index in [0.29, 0.717) is 12.0 Å². The van der Waals surface area contributed by atoms with Gasteiger partial charge in [0.1, 0.15) is 0 Å². The molecule has 0 fully saturated rings. The fourth-order valence-electron chi connectivity index (χ4n) is 2.02. The van der Waals surface area contributed by atoms with Gasteiger partial charge in [0, 0.05) is 18.6 Å². The van der Waals surface area contributed by atoms with Crippen LogP contribution >= 0.6 is 11.6 Å². The van der Waals surface area contributed by atoms with Crippen molar-refractivity contribution in [3.63, 3.8) is 0 Å². The maximum atomic E-state index is 6.40. The van der Waals surface area contributed by atoms with Crippen molar-refractivity contribution in [2.24, 2.45) is 11.7 Å². The lowest BCUT2D eigenvalue weighted by molar-refractivity contribution is 0.571. The van der Waals surface area contributed by atoms with Gasteiger partial charge in [-0.2, -0.15) is 0 Å². The van der Waals surface area contributed by atoms with E-state index < -0.39 is 0 Å². The van der Waals surface area contributed by atoms with Crippen LogP contribution in [0.1, 0.15) is 46.2 Å². The van der Waals surface area contributed by atoms with Crippen LogP contribution in [0.3, 0.4) is 0 Å². The average molecular weight is 269 g/mol. The van der Waals surface area contributed by atoms with Crippen molar-refractivity contribution in [1.29, 1.82) is 0 Å². The van der Waals surface area contributed by atoms with Crippen molar-refractivity contribution in [2.75, 3.05) is 11.4 Å². The molecule has 1 atom stereocenters. The number of nitrogens with two attached hydrogens (primary N) is 1. The predicted molar refractivity (Wildman–Crippen MR) is 81.4 cm³/mol. The van der Waals surface area contributed by atoms with Gasteiger partial charge in [-0.1, -0.05) is 31.5 Å². The van der Waals surface area contributed by atoms with Gasteiger partial charge in [0.25, 0.3) is 0 Å². The highest BCUT2D eigenvalue weighted by Crippen LogP contribution is 2.30. The van der Waals surface area contributed by atoms with E-state index in [2.05, 4.69) is 44.7 Å². The first-order valence-electron chi connectivity index (χ1n) is 6.64. The standard InChI is InChI=1S/C15H25ClN2/c1-10(2)9-18(11(3)4)15-7-6-13(12(5)17)8-14(15)16/h6-8,10-12H,9,17H2,1-5H3/t12-/m1/s1. The molecule has 0 unspecified atom stereocenters. The molecule has 0 aliphatic rings. The number of benzene rings is 1. The van der Waals surface area contributed by atoms with Gasteiger partial charge in [-0.25, -0.2) is 0 Å². The number of hydrogen-bond acceptors (Lipinski definition) is 2. The van der Waals surface area contributed by atoms with E-state index in [0.717, 1.165) is 22.8 Å². The lowest BCUT2D eigenvalue weighted by Crippen LogP contribution is -2.34. The summed E-state index contributed by atoms with van der Waals surface area (Å²) in [5.74, 6) is 0.608. The summed E-state index contributed by atoms with van der Waals surface area (Å²) in [4.78, 5) is 2.35. The Hall–Kier alpha value is -0.730. The van der Waals surface area contributed by atoms with E-state index in [4.69, 9.17) is 17.3 Å². The Bertz CT molecular complexity index is 386. The van der Waals surface area contributed by atoms with Crippen LogP contribution in [0.5, 0.6) is 0 Å². The summed E-state index contributed by atoms with van der Waals surface area (Å²) >= 11 is 6.40. The van der Waals surface area contributed by atoms with Gasteiger partial charge in [-0.15, -0.1) is 0 Å². The first-order chi connectivity index (χ1) is 8.32. The largest absolute Gasteiger partial charge is 0.368 e. The number of anilines is 1. The van der Waals surface area contributed by atoms with Crippen LogP contribution in [0.4, 0.5) is 5.69 Å². The zero-order chi connectivity index (χ0) is 13.9. The van der Waals surface area contributed by atoms with Crippen LogP contribution in [0, 0.1) is 5.92 Å². The topological polar surface area (TPSA) is 29.3 Å². The molecule has 102 valence electrons. The van der Waals surface area contributed by atoms with Gasteiger partial charge < -0.3 is 10.6 Å². The van der Waals surface area contributed by atoms with Crippen molar-refractivity contribution in [3.8, 4) is 0 Å². The van der Waals surface area contributed by atoms with Crippen molar-refractivity contribution in [3.05, 3.63) is 28.8 Å². The molecule has 0 bridgehead atoms. The molecular weight excluding hydrogens is 244 g/mol. The molecule has 1 rings (SSSR count). The van der Waals surface area contributed by atoms with Gasteiger partial charge in [0.15, 0.2) is 0 Å². The summed E-state index contributed by atoms with van der Waals surface area (Å²) in [6, 6.07) is 6.60. The molecule has 0 heterocycles. The van der Waals surface area contributed by atoms with Crippen LogP contribution in [0.2, 0.25) is 5.02 Å². The van der Waals surface area contributed by atoms with Crippen molar-refractivity contribution >= 4 is 17.3 Å². The molecular formula is C15H25ClN2. The van der Waals surface area contributed by atoms with Gasteiger partial charge in [-0.3, -0.25) is 0 Å². The summed E-state index contributed by atoms with van der Waals surface area (Å²) in [7, 11) is 0. The smallest absolute Gasteiger partial charge is 0.0642 e. The van der Waals surface area contributed by atoms with E-state index in [1.54, 1.807) is 0 Å². The monoisotopic (exact) mass is 268 g/mol. The van der Waals surface area contributed by atoms with E-state index >= 15 is 0 Å². The van der Waals surface area contributed by atoms with Crippen LogP contribution in [0.25, 0.3) is 0 Å². The summed E-state index contributed by atoms with van der Waals surface area (Å²) in [6.07, 6.45) is 0. The Morgan fingerprint density at radius 2 is 1.78 bits per heavy atom.